The average Bonchev–Trinajstić information content (AvgIpc) is 2.44. The fraction of sp³-hybridized carbons (Fsp3) is 1.00. The summed E-state index contributed by atoms with van der Waals surface area (Å²) in [5.41, 5.74) is 6.70. The summed E-state index contributed by atoms with van der Waals surface area (Å²) >= 11 is 0. The van der Waals surface area contributed by atoms with Crippen LogP contribution in [0.1, 0.15) is 51.9 Å². The minimum atomic E-state index is 0.0885. The van der Waals surface area contributed by atoms with E-state index in [-0.39, 0.29) is 5.54 Å². The third kappa shape index (κ3) is 2.73. The monoisotopic (exact) mass is 211 g/mol. The number of rotatable bonds is 1. The van der Waals surface area contributed by atoms with Gasteiger partial charge in [0.2, 0.25) is 0 Å². The zero-order valence-electron chi connectivity index (χ0n) is 10.0. The summed E-state index contributed by atoms with van der Waals surface area (Å²) in [5.74, 6) is 1.64. The van der Waals surface area contributed by atoms with Crippen LogP contribution in [-0.4, -0.2) is 18.8 Å². The Balaban J connectivity index is 1.98. The normalized spacial score (nSPS) is 43.6. The smallest absolute Gasteiger partial charge is 0.0483 e. The van der Waals surface area contributed by atoms with Gasteiger partial charge in [0.25, 0.3) is 0 Å². The van der Waals surface area contributed by atoms with Crippen LogP contribution in [0.15, 0.2) is 0 Å². The van der Waals surface area contributed by atoms with Crippen molar-refractivity contribution in [3.8, 4) is 0 Å². The van der Waals surface area contributed by atoms with Gasteiger partial charge in [-0.2, -0.15) is 0 Å². The predicted molar refractivity (Wildman–Crippen MR) is 62.7 cm³/mol. The molecule has 88 valence electrons. The van der Waals surface area contributed by atoms with Gasteiger partial charge in [-0.3, -0.25) is 0 Å². The maximum absolute atomic E-state index is 6.62. The lowest BCUT2D eigenvalue weighted by Gasteiger charge is -2.41. The van der Waals surface area contributed by atoms with Gasteiger partial charge >= 0.3 is 0 Å². The van der Waals surface area contributed by atoms with Gasteiger partial charge in [-0.1, -0.05) is 19.8 Å². The molecule has 0 bridgehead atoms. The maximum atomic E-state index is 6.62. The second-order valence-electron chi connectivity index (χ2n) is 5.67. The fourth-order valence-corrected chi connectivity index (χ4v) is 3.36. The zero-order chi connectivity index (χ0) is 10.7. The Morgan fingerprint density at radius 2 is 2.00 bits per heavy atom. The molecule has 0 radical (unpaired) electrons. The first-order valence-electron chi connectivity index (χ1n) is 6.57. The van der Waals surface area contributed by atoms with Crippen LogP contribution in [0.25, 0.3) is 0 Å². The summed E-state index contributed by atoms with van der Waals surface area (Å²) in [6, 6.07) is 0. The molecule has 3 unspecified atom stereocenters. The number of hydrogen-bond acceptors (Lipinski definition) is 2. The van der Waals surface area contributed by atoms with Crippen molar-refractivity contribution >= 4 is 0 Å². The molecule has 0 spiro atoms. The molecule has 0 aromatic rings. The predicted octanol–water partition coefficient (Wildman–Crippen LogP) is 2.71. The molecular formula is C13H25NO. The van der Waals surface area contributed by atoms with Crippen molar-refractivity contribution in [1.82, 2.24) is 0 Å². The highest BCUT2D eigenvalue weighted by molar-refractivity contribution is 4.94. The zero-order valence-corrected chi connectivity index (χ0v) is 10.0. The van der Waals surface area contributed by atoms with Crippen molar-refractivity contribution < 1.29 is 4.74 Å². The van der Waals surface area contributed by atoms with Crippen molar-refractivity contribution in [2.24, 2.45) is 17.6 Å². The molecule has 0 aromatic carbocycles. The molecule has 2 aliphatic rings. The fourth-order valence-electron chi connectivity index (χ4n) is 3.36. The van der Waals surface area contributed by atoms with E-state index in [2.05, 4.69) is 6.92 Å². The third-order valence-electron chi connectivity index (χ3n) is 4.39. The molecular weight excluding hydrogens is 186 g/mol. The molecule has 15 heavy (non-hydrogen) atoms. The molecule has 1 aliphatic carbocycles. The Morgan fingerprint density at radius 1 is 1.13 bits per heavy atom. The van der Waals surface area contributed by atoms with Gasteiger partial charge in [0.1, 0.15) is 0 Å². The Hall–Kier alpha value is -0.0800. The molecule has 1 heterocycles. The lowest BCUT2D eigenvalue weighted by Crippen LogP contribution is -2.48. The van der Waals surface area contributed by atoms with Crippen molar-refractivity contribution in [2.45, 2.75) is 57.4 Å². The third-order valence-corrected chi connectivity index (χ3v) is 4.39. The van der Waals surface area contributed by atoms with E-state index in [0.29, 0.717) is 0 Å². The van der Waals surface area contributed by atoms with E-state index < -0.39 is 0 Å². The lowest BCUT2D eigenvalue weighted by atomic mass is 9.69. The lowest BCUT2D eigenvalue weighted by molar-refractivity contribution is 0.119. The molecule has 1 saturated carbocycles. The second kappa shape index (κ2) is 4.84. The molecule has 1 saturated heterocycles. The minimum absolute atomic E-state index is 0.0885. The van der Waals surface area contributed by atoms with Gasteiger partial charge in [-0.05, 0) is 43.9 Å². The quantitative estimate of drug-likeness (QED) is 0.724. The van der Waals surface area contributed by atoms with Crippen LogP contribution in [-0.2, 0) is 4.74 Å². The van der Waals surface area contributed by atoms with E-state index in [4.69, 9.17) is 10.5 Å². The van der Waals surface area contributed by atoms with Gasteiger partial charge in [0.15, 0.2) is 0 Å². The molecule has 2 rings (SSSR count). The molecule has 0 amide bonds. The van der Waals surface area contributed by atoms with Gasteiger partial charge < -0.3 is 10.5 Å². The summed E-state index contributed by atoms with van der Waals surface area (Å²) in [5, 5.41) is 0. The summed E-state index contributed by atoms with van der Waals surface area (Å²) in [6.45, 7) is 4.17. The van der Waals surface area contributed by atoms with Crippen molar-refractivity contribution in [1.29, 1.82) is 0 Å². The van der Waals surface area contributed by atoms with Crippen LogP contribution < -0.4 is 5.73 Å². The van der Waals surface area contributed by atoms with Gasteiger partial charge in [-0.25, -0.2) is 0 Å². The average molecular weight is 211 g/mol. The van der Waals surface area contributed by atoms with E-state index in [1.165, 1.54) is 32.1 Å². The van der Waals surface area contributed by atoms with E-state index >= 15 is 0 Å². The minimum Gasteiger partial charge on any atom is -0.381 e. The SMILES string of the molecule is CC1CCCC(C2(N)CCCOCC2)C1. The van der Waals surface area contributed by atoms with Gasteiger partial charge in [0, 0.05) is 18.8 Å². The summed E-state index contributed by atoms with van der Waals surface area (Å²) < 4.78 is 5.53. The molecule has 2 fully saturated rings. The topological polar surface area (TPSA) is 35.2 Å². The van der Waals surface area contributed by atoms with Crippen molar-refractivity contribution in [3.63, 3.8) is 0 Å². The molecule has 2 N–H and O–H groups in total. The second-order valence-corrected chi connectivity index (χ2v) is 5.67. The largest absolute Gasteiger partial charge is 0.381 e. The maximum Gasteiger partial charge on any atom is 0.0483 e. The van der Waals surface area contributed by atoms with Gasteiger partial charge in [-0.15, -0.1) is 0 Å². The molecule has 2 heteroatoms. The van der Waals surface area contributed by atoms with E-state index in [1.807, 2.05) is 0 Å². The highest BCUT2D eigenvalue weighted by atomic mass is 16.5. The van der Waals surface area contributed by atoms with E-state index in [9.17, 15) is 0 Å². The molecule has 0 aromatic heterocycles. The van der Waals surface area contributed by atoms with Crippen LogP contribution in [0, 0.1) is 11.8 Å². The van der Waals surface area contributed by atoms with Crippen LogP contribution >= 0.6 is 0 Å². The Bertz CT molecular complexity index is 197. The Labute approximate surface area is 93.6 Å². The van der Waals surface area contributed by atoms with Crippen LogP contribution in [0.4, 0.5) is 0 Å². The number of hydrogen-bond donors (Lipinski definition) is 1. The standard InChI is InChI=1S/C13H25NO/c1-11-4-2-5-12(10-11)13(14)6-3-8-15-9-7-13/h11-12H,2-10,14H2,1H3. The van der Waals surface area contributed by atoms with Crippen LogP contribution in [0.2, 0.25) is 0 Å². The van der Waals surface area contributed by atoms with Crippen molar-refractivity contribution in [3.05, 3.63) is 0 Å². The molecule has 1 aliphatic heterocycles. The molecule has 2 nitrogen and oxygen atoms in total. The molecule has 3 atom stereocenters. The van der Waals surface area contributed by atoms with Crippen LogP contribution in [0.3, 0.4) is 0 Å². The first kappa shape index (κ1) is 11.4. The highest BCUT2D eigenvalue weighted by Gasteiger charge is 2.37. The first-order valence-corrected chi connectivity index (χ1v) is 6.57. The number of ether oxygens (including phenoxy) is 1. The Kier molecular flexibility index (Phi) is 3.68. The summed E-state index contributed by atoms with van der Waals surface area (Å²) in [4.78, 5) is 0. The summed E-state index contributed by atoms with van der Waals surface area (Å²) in [7, 11) is 0. The van der Waals surface area contributed by atoms with Crippen molar-refractivity contribution in [2.75, 3.05) is 13.2 Å². The number of nitrogens with two attached hydrogens (primary N) is 1. The first-order chi connectivity index (χ1) is 7.21. The highest BCUT2D eigenvalue weighted by Crippen LogP contribution is 2.39. The van der Waals surface area contributed by atoms with E-state index in [1.54, 1.807) is 0 Å². The summed E-state index contributed by atoms with van der Waals surface area (Å²) in [6.07, 6.45) is 8.88. The van der Waals surface area contributed by atoms with Crippen LogP contribution in [0.5, 0.6) is 0 Å². The Morgan fingerprint density at radius 3 is 2.80 bits per heavy atom. The van der Waals surface area contributed by atoms with Gasteiger partial charge in [0.05, 0.1) is 0 Å². The van der Waals surface area contributed by atoms with E-state index in [0.717, 1.165) is 37.9 Å².